The zero-order valence-corrected chi connectivity index (χ0v) is 10.2. The second-order valence-electron chi connectivity index (χ2n) is 3.59. The minimum Gasteiger partial charge on any atom is -0.313 e. The molecular formula is C10H20ClN3. The summed E-state index contributed by atoms with van der Waals surface area (Å²) in [4.78, 5) is 0. The molecule has 1 rings (SSSR count). The molecule has 0 radical (unpaired) electrons. The molecule has 4 heteroatoms. The summed E-state index contributed by atoms with van der Waals surface area (Å²) in [5.74, 6) is 0. The highest BCUT2D eigenvalue weighted by molar-refractivity contribution is 5.85. The molecule has 0 fully saturated rings. The molecule has 0 aliphatic rings. The van der Waals surface area contributed by atoms with E-state index in [-0.39, 0.29) is 12.4 Å². The Balaban J connectivity index is 0.00000169. The van der Waals surface area contributed by atoms with Gasteiger partial charge in [-0.1, -0.05) is 6.92 Å². The van der Waals surface area contributed by atoms with E-state index in [1.807, 2.05) is 4.68 Å². The van der Waals surface area contributed by atoms with E-state index in [1.54, 1.807) is 0 Å². The summed E-state index contributed by atoms with van der Waals surface area (Å²) in [7, 11) is 0. The Hall–Kier alpha value is -0.540. The Kier molecular flexibility index (Phi) is 5.81. The van der Waals surface area contributed by atoms with Crippen LogP contribution in [-0.2, 0) is 6.54 Å². The van der Waals surface area contributed by atoms with Crippen molar-refractivity contribution in [3.8, 4) is 0 Å². The molecule has 1 N–H and O–H groups in total. The number of hydrogen-bond acceptors (Lipinski definition) is 2. The largest absolute Gasteiger partial charge is 0.313 e. The summed E-state index contributed by atoms with van der Waals surface area (Å²) in [6.07, 6.45) is 2.13. The third-order valence-electron chi connectivity index (χ3n) is 2.11. The monoisotopic (exact) mass is 217 g/mol. The van der Waals surface area contributed by atoms with Crippen molar-refractivity contribution in [1.29, 1.82) is 0 Å². The molecule has 82 valence electrons. The highest BCUT2D eigenvalue weighted by Gasteiger charge is 2.05. The van der Waals surface area contributed by atoms with Crippen molar-refractivity contribution in [2.75, 3.05) is 6.54 Å². The highest BCUT2D eigenvalue weighted by atomic mass is 35.5. The summed E-state index contributed by atoms with van der Waals surface area (Å²) < 4.78 is 2.02. The Morgan fingerprint density at radius 2 is 2.14 bits per heavy atom. The van der Waals surface area contributed by atoms with Crippen LogP contribution in [0.2, 0.25) is 0 Å². The number of rotatable bonds is 4. The number of aromatic nitrogens is 2. The Morgan fingerprint density at radius 1 is 1.50 bits per heavy atom. The van der Waals surface area contributed by atoms with Gasteiger partial charge in [0.1, 0.15) is 0 Å². The van der Waals surface area contributed by atoms with Crippen LogP contribution in [-0.4, -0.2) is 16.3 Å². The number of aryl methyl sites for hydroxylation is 1. The van der Waals surface area contributed by atoms with Gasteiger partial charge >= 0.3 is 0 Å². The van der Waals surface area contributed by atoms with Crippen molar-refractivity contribution in [3.63, 3.8) is 0 Å². The lowest BCUT2D eigenvalue weighted by Crippen LogP contribution is -2.11. The zero-order valence-electron chi connectivity index (χ0n) is 9.37. The lowest BCUT2D eigenvalue weighted by atomic mass is 10.2. The molecule has 0 aromatic carbocycles. The summed E-state index contributed by atoms with van der Waals surface area (Å²) in [6.45, 7) is 10.4. The van der Waals surface area contributed by atoms with E-state index in [1.165, 1.54) is 5.56 Å². The van der Waals surface area contributed by atoms with Crippen LogP contribution >= 0.6 is 12.4 Å². The summed E-state index contributed by atoms with van der Waals surface area (Å²) in [5.41, 5.74) is 2.44. The molecule has 0 saturated carbocycles. The van der Waals surface area contributed by atoms with Crippen LogP contribution in [0.4, 0.5) is 0 Å². The van der Waals surface area contributed by atoms with Gasteiger partial charge in [-0.2, -0.15) is 5.10 Å². The standard InChI is InChI=1S/C10H19N3.ClH/c1-5-11-6-10-7-13(8(2)3)12-9(10)4;/h7-8,11H,5-6H2,1-4H3;1H. The average molecular weight is 218 g/mol. The molecule has 0 saturated heterocycles. The van der Waals surface area contributed by atoms with Crippen LogP contribution in [0, 0.1) is 6.92 Å². The molecule has 0 bridgehead atoms. The van der Waals surface area contributed by atoms with Crippen molar-refractivity contribution in [2.24, 2.45) is 0 Å². The molecule has 0 aliphatic carbocycles. The van der Waals surface area contributed by atoms with Gasteiger partial charge in [-0.05, 0) is 27.3 Å². The van der Waals surface area contributed by atoms with Crippen LogP contribution in [0.25, 0.3) is 0 Å². The van der Waals surface area contributed by atoms with Gasteiger partial charge in [-0.15, -0.1) is 12.4 Å². The summed E-state index contributed by atoms with van der Waals surface area (Å²) in [5, 5.41) is 7.74. The predicted octanol–water partition coefficient (Wildman–Crippen LogP) is 2.30. The predicted molar refractivity (Wildman–Crippen MR) is 62.0 cm³/mol. The van der Waals surface area contributed by atoms with Crippen molar-refractivity contribution < 1.29 is 0 Å². The summed E-state index contributed by atoms with van der Waals surface area (Å²) >= 11 is 0. The van der Waals surface area contributed by atoms with E-state index in [0.717, 1.165) is 18.8 Å². The van der Waals surface area contributed by atoms with Crippen molar-refractivity contribution in [3.05, 3.63) is 17.5 Å². The fourth-order valence-electron chi connectivity index (χ4n) is 1.22. The van der Waals surface area contributed by atoms with Gasteiger partial charge in [0.15, 0.2) is 0 Å². The topological polar surface area (TPSA) is 29.9 Å². The minimum atomic E-state index is 0. The van der Waals surface area contributed by atoms with E-state index in [0.29, 0.717) is 6.04 Å². The first-order chi connectivity index (χ1) is 6.15. The number of nitrogens with zero attached hydrogens (tertiary/aromatic N) is 2. The first-order valence-electron chi connectivity index (χ1n) is 4.90. The SMILES string of the molecule is CCNCc1cn(C(C)C)nc1C.Cl. The molecule has 1 aromatic rings. The number of halogens is 1. The second-order valence-corrected chi connectivity index (χ2v) is 3.59. The Bertz CT molecular complexity index is 268. The lowest BCUT2D eigenvalue weighted by molar-refractivity contribution is 0.528. The molecule has 1 aromatic heterocycles. The van der Waals surface area contributed by atoms with Crippen molar-refractivity contribution in [1.82, 2.24) is 15.1 Å². The van der Waals surface area contributed by atoms with Gasteiger partial charge in [0, 0.05) is 24.3 Å². The fraction of sp³-hybridized carbons (Fsp3) is 0.700. The van der Waals surface area contributed by atoms with Crippen LogP contribution in [0.5, 0.6) is 0 Å². The normalized spacial score (nSPS) is 10.4. The Morgan fingerprint density at radius 3 is 2.57 bits per heavy atom. The molecule has 14 heavy (non-hydrogen) atoms. The maximum absolute atomic E-state index is 4.44. The van der Waals surface area contributed by atoms with Gasteiger partial charge in [0.2, 0.25) is 0 Å². The molecule has 0 aliphatic heterocycles. The van der Waals surface area contributed by atoms with E-state index in [4.69, 9.17) is 0 Å². The molecule has 3 nitrogen and oxygen atoms in total. The van der Waals surface area contributed by atoms with E-state index in [9.17, 15) is 0 Å². The Labute approximate surface area is 92.3 Å². The van der Waals surface area contributed by atoms with Gasteiger partial charge in [-0.25, -0.2) is 0 Å². The molecule has 0 atom stereocenters. The first-order valence-corrected chi connectivity index (χ1v) is 4.90. The van der Waals surface area contributed by atoms with Crippen molar-refractivity contribution in [2.45, 2.75) is 40.3 Å². The van der Waals surface area contributed by atoms with Crippen molar-refractivity contribution >= 4 is 12.4 Å². The van der Waals surface area contributed by atoms with Gasteiger partial charge in [0.05, 0.1) is 5.69 Å². The van der Waals surface area contributed by atoms with Crippen LogP contribution in [0.15, 0.2) is 6.20 Å². The molecule has 0 spiro atoms. The third kappa shape index (κ3) is 3.31. The second kappa shape index (κ2) is 6.04. The molecule has 0 amide bonds. The van der Waals surface area contributed by atoms with Gasteiger partial charge in [0.25, 0.3) is 0 Å². The van der Waals surface area contributed by atoms with Crippen LogP contribution in [0.3, 0.4) is 0 Å². The number of nitrogens with one attached hydrogen (secondary N) is 1. The van der Waals surface area contributed by atoms with E-state index >= 15 is 0 Å². The highest BCUT2D eigenvalue weighted by Crippen LogP contribution is 2.09. The quantitative estimate of drug-likeness (QED) is 0.839. The minimum absolute atomic E-state index is 0. The van der Waals surface area contributed by atoms with E-state index < -0.39 is 0 Å². The fourth-order valence-corrected chi connectivity index (χ4v) is 1.22. The first kappa shape index (κ1) is 13.5. The maximum atomic E-state index is 4.44. The van der Waals surface area contributed by atoms with E-state index in [2.05, 4.69) is 44.3 Å². The maximum Gasteiger partial charge on any atom is 0.0638 e. The third-order valence-corrected chi connectivity index (χ3v) is 2.11. The number of hydrogen-bond donors (Lipinski definition) is 1. The van der Waals surface area contributed by atoms with Crippen LogP contribution in [0.1, 0.15) is 38.1 Å². The molecular weight excluding hydrogens is 198 g/mol. The smallest absolute Gasteiger partial charge is 0.0638 e. The van der Waals surface area contributed by atoms with Gasteiger partial charge < -0.3 is 5.32 Å². The summed E-state index contributed by atoms with van der Waals surface area (Å²) in [6, 6.07) is 0.453. The molecule has 1 heterocycles. The van der Waals surface area contributed by atoms with Gasteiger partial charge in [-0.3, -0.25) is 4.68 Å². The van der Waals surface area contributed by atoms with Crippen LogP contribution < -0.4 is 5.32 Å². The lowest BCUT2D eigenvalue weighted by Gasteiger charge is -2.03. The average Bonchev–Trinajstić information content (AvgIpc) is 2.44. The molecule has 0 unspecified atom stereocenters. The zero-order chi connectivity index (χ0) is 9.84.